The minimum absolute atomic E-state index is 0.119. The fourth-order valence-corrected chi connectivity index (χ4v) is 8.44. The molecule has 0 saturated heterocycles. The molecule has 1 aliphatic heterocycles. The Morgan fingerprint density at radius 2 is 1.28 bits per heavy atom. The lowest BCUT2D eigenvalue weighted by molar-refractivity contribution is 0.669. The summed E-state index contributed by atoms with van der Waals surface area (Å²) < 4.78 is 8.77. The van der Waals surface area contributed by atoms with Crippen LogP contribution >= 0.6 is 11.8 Å². The van der Waals surface area contributed by atoms with E-state index in [9.17, 15) is 0 Å². The molecule has 0 spiro atoms. The minimum Gasteiger partial charge on any atom is -0.456 e. The molecule has 222 valence electrons. The van der Waals surface area contributed by atoms with Crippen LogP contribution in [-0.4, -0.2) is 4.57 Å². The summed E-state index contributed by atoms with van der Waals surface area (Å²) in [5, 5.41) is 8.82. The van der Waals surface area contributed by atoms with Crippen LogP contribution in [0.5, 0.6) is 0 Å². The fourth-order valence-electron chi connectivity index (χ4n) is 7.29. The third-order valence-electron chi connectivity index (χ3n) is 9.46. The number of nitrogens with one attached hydrogen (secondary N) is 1. The van der Waals surface area contributed by atoms with Gasteiger partial charge in [-0.05, 0) is 76.3 Å². The number of anilines is 1. The van der Waals surface area contributed by atoms with Crippen LogP contribution in [0.2, 0.25) is 0 Å². The highest BCUT2D eigenvalue weighted by molar-refractivity contribution is 8.00. The molecule has 7 aromatic carbocycles. The first-order valence-electron chi connectivity index (χ1n) is 16.0. The van der Waals surface area contributed by atoms with Crippen LogP contribution in [0, 0.1) is 0 Å². The van der Waals surface area contributed by atoms with Gasteiger partial charge >= 0.3 is 0 Å². The lowest BCUT2D eigenvalue weighted by Gasteiger charge is -2.13. The summed E-state index contributed by atoms with van der Waals surface area (Å²) in [5.74, 6) is 0. The number of para-hydroxylation sites is 2. The van der Waals surface area contributed by atoms with Gasteiger partial charge in [0, 0.05) is 26.7 Å². The number of hydrogen-bond donors (Lipinski definition) is 1. The average molecular weight is 621 g/mol. The van der Waals surface area contributed by atoms with E-state index >= 15 is 0 Å². The second kappa shape index (κ2) is 10.4. The van der Waals surface area contributed by atoms with Gasteiger partial charge in [0.05, 0.1) is 22.1 Å². The Kier molecular flexibility index (Phi) is 5.87. The maximum absolute atomic E-state index is 6.39. The van der Waals surface area contributed by atoms with E-state index in [1.807, 2.05) is 17.8 Å². The van der Waals surface area contributed by atoms with Crippen molar-refractivity contribution in [2.75, 3.05) is 5.32 Å². The summed E-state index contributed by atoms with van der Waals surface area (Å²) in [6, 6.07) is 56.5. The van der Waals surface area contributed by atoms with Crippen molar-refractivity contribution in [1.29, 1.82) is 0 Å². The summed E-state index contributed by atoms with van der Waals surface area (Å²) in [7, 11) is 0. The SMILES string of the molecule is c1ccc(-c2ccc3c(c2)oc2ccc4c(c23)NC(c2ccc(-c3cccc5c3c3ccccc3n5-c3ccccc3)cc2)S4)cc1. The van der Waals surface area contributed by atoms with Crippen LogP contribution < -0.4 is 5.32 Å². The van der Waals surface area contributed by atoms with E-state index in [2.05, 4.69) is 162 Å². The zero-order chi connectivity index (χ0) is 30.9. The van der Waals surface area contributed by atoms with E-state index < -0.39 is 0 Å². The first-order chi connectivity index (χ1) is 23.3. The van der Waals surface area contributed by atoms with Crippen molar-refractivity contribution in [2.24, 2.45) is 0 Å². The Morgan fingerprint density at radius 3 is 2.13 bits per heavy atom. The van der Waals surface area contributed by atoms with Gasteiger partial charge in [-0.2, -0.15) is 0 Å². The predicted molar refractivity (Wildman–Crippen MR) is 198 cm³/mol. The van der Waals surface area contributed by atoms with Crippen LogP contribution in [0.15, 0.2) is 167 Å². The largest absolute Gasteiger partial charge is 0.456 e. The fraction of sp³-hybridized carbons (Fsp3) is 0.0233. The van der Waals surface area contributed by atoms with Crippen molar-refractivity contribution in [3.8, 4) is 27.9 Å². The van der Waals surface area contributed by atoms with E-state index in [-0.39, 0.29) is 5.37 Å². The number of benzene rings is 7. The number of thioether (sulfide) groups is 1. The minimum atomic E-state index is 0.119. The molecule has 0 saturated carbocycles. The molecule has 0 bridgehead atoms. The Labute approximate surface area is 276 Å². The van der Waals surface area contributed by atoms with Crippen molar-refractivity contribution >= 4 is 61.2 Å². The van der Waals surface area contributed by atoms with Gasteiger partial charge in [-0.1, -0.05) is 121 Å². The number of furan rings is 1. The van der Waals surface area contributed by atoms with Crippen molar-refractivity contribution in [3.05, 3.63) is 163 Å². The van der Waals surface area contributed by atoms with Gasteiger partial charge in [0.15, 0.2) is 0 Å². The normalized spacial score (nSPS) is 14.3. The molecule has 4 heteroatoms. The second-order valence-electron chi connectivity index (χ2n) is 12.1. The summed E-state index contributed by atoms with van der Waals surface area (Å²) >= 11 is 1.87. The molecule has 1 unspecified atom stereocenters. The molecule has 47 heavy (non-hydrogen) atoms. The summed E-state index contributed by atoms with van der Waals surface area (Å²) in [5.41, 5.74) is 12.7. The van der Waals surface area contributed by atoms with Gasteiger partial charge in [0.25, 0.3) is 0 Å². The zero-order valence-corrected chi connectivity index (χ0v) is 26.2. The topological polar surface area (TPSA) is 30.1 Å². The molecule has 10 rings (SSSR count). The first kappa shape index (κ1) is 26.5. The number of hydrogen-bond acceptors (Lipinski definition) is 3. The van der Waals surface area contributed by atoms with E-state index in [0.29, 0.717) is 0 Å². The number of fused-ring (bicyclic) bond motifs is 8. The highest BCUT2D eigenvalue weighted by atomic mass is 32.2. The van der Waals surface area contributed by atoms with Gasteiger partial charge in [-0.15, -0.1) is 0 Å². The molecule has 0 radical (unpaired) electrons. The van der Waals surface area contributed by atoms with Gasteiger partial charge < -0.3 is 14.3 Å². The van der Waals surface area contributed by atoms with Crippen molar-refractivity contribution in [2.45, 2.75) is 10.3 Å². The molecule has 0 aliphatic carbocycles. The van der Waals surface area contributed by atoms with Crippen LogP contribution in [-0.2, 0) is 0 Å². The molecule has 9 aromatic rings. The summed E-state index contributed by atoms with van der Waals surface area (Å²) in [4.78, 5) is 1.25. The van der Waals surface area contributed by atoms with Crippen molar-refractivity contribution < 1.29 is 4.42 Å². The van der Waals surface area contributed by atoms with Crippen molar-refractivity contribution in [3.63, 3.8) is 0 Å². The van der Waals surface area contributed by atoms with Gasteiger partial charge in [-0.3, -0.25) is 0 Å². The summed E-state index contributed by atoms with van der Waals surface area (Å²) in [6.07, 6.45) is 0. The number of aromatic nitrogens is 1. The molecular weight excluding hydrogens is 593 g/mol. The number of rotatable bonds is 4. The maximum Gasteiger partial charge on any atom is 0.137 e. The molecule has 1 N–H and O–H groups in total. The molecule has 0 fully saturated rings. The lowest BCUT2D eigenvalue weighted by atomic mass is 9.98. The van der Waals surface area contributed by atoms with Gasteiger partial charge in [0.2, 0.25) is 0 Å². The highest BCUT2D eigenvalue weighted by Crippen LogP contribution is 2.51. The number of nitrogens with zero attached hydrogens (tertiary/aromatic N) is 1. The third kappa shape index (κ3) is 4.15. The molecule has 3 heterocycles. The second-order valence-corrected chi connectivity index (χ2v) is 13.3. The monoisotopic (exact) mass is 620 g/mol. The smallest absolute Gasteiger partial charge is 0.137 e. The lowest BCUT2D eigenvalue weighted by Crippen LogP contribution is -2.01. The van der Waals surface area contributed by atoms with Crippen molar-refractivity contribution in [1.82, 2.24) is 4.57 Å². The highest BCUT2D eigenvalue weighted by Gasteiger charge is 2.27. The first-order valence-corrected chi connectivity index (χ1v) is 16.8. The predicted octanol–water partition coefficient (Wildman–Crippen LogP) is 12.2. The molecule has 1 atom stereocenters. The molecular formula is C43H28N2OS. The molecule has 0 amide bonds. The van der Waals surface area contributed by atoms with E-state index in [0.717, 1.165) is 33.2 Å². The zero-order valence-electron chi connectivity index (χ0n) is 25.4. The molecule has 1 aliphatic rings. The molecule has 2 aromatic heterocycles. The Balaban J connectivity index is 1.01. The van der Waals surface area contributed by atoms with E-state index in [1.165, 1.54) is 54.6 Å². The average Bonchev–Trinajstić information content (AvgIpc) is 3.84. The Bertz CT molecular complexity index is 2620. The standard InChI is InChI=1S/C43H28N2OS/c1-3-10-27(11-4-1)30-22-23-34-38(26-30)46-37-24-25-39-42(41(34)37)44-43(47-39)29-20-18-28(19-21-29)32-15-9-17-36-40(32)33-14-7-8-16-35(33)45(36)31-12-5-2-6-13-31/h1-26,43-44H. The molecule has 3 nitrogen and oxygen atoms in total. The summed E-state index contributed by atoms with van der Waals surface area (Å²) in [6.45, 7) is 0. The quantitative estimate of drug-likeness (QED) is 0.212. The van der Waals surface area contributed by atoms with Crippen LogP contribution in [0.1, 0.15) is 10.9 Å². The Morgan fingerprint density at radius 1 is 0.532 bits per heavy atom. The van der Waals surface area contributed by atoms with Gasteiger partial charge in [0.1, 0.15) is 16.5 Å². The maximum atomic E-state index is 6.39. The van der Waals surface area contributed by atoms with Crippen LogP contribution in [0.25, 0.3) is 71.7 Å². The van der Waals surface area contributed by atoms with E-state index in [1.54, 1.807) is 0 Å². The van der Waals surface area contributed by atoms with Crippen LogP contribution in [0.4, 0.5) is 5.69 Å². The third-order valence-corrected chi connectivity index (χ3v) is 10.7. The van der Waals surface area contributed by atoms with Gasteiger partial charge in [-0.25, -0.2) is 0 Å². The Hall–Kier alpha value is -5.71. The van der Waals surface area contributed by atoms with Crippen LogP contribution in [0.3, 0.4) is 0 Å². The van der Waals surface area contributed by atoms with E-state index in [4.69, 9.17) is 4.42 Å².